The molecule has 0 bridgehead atoms. The van der Waals surface area contributed by atoms with E-state index < -0.39 is 0 Å². The van der Waals surface area contributed by atoms with Crippen molar-refractivity contribution in [2.45, 2.75) is 51.0 Å². The molecule has 0 amide bonds. The average Bonchev–Trinajstić information content (AvgIpc) is 3.10. The first-order valence-electron chi connectivity index (χ1n) is 9.14. The summed E-state index contributed by atoms with van der Waals surface area (Å²) in [5.41, 5.74) is 7.11. The number of aromatic nitrogens is 2. The van der Waals surface area contributed by atoms with Gasteiger partial charge in [0.05, 0.1) is 6.54 Å². The van der Waals surface area contributed by atoms with Crippen molar-refractivity contribution >= 4 is 0 Å². The fourth-order valence-corrected chi connectivity index (χ4v) is 3.43. The van der Waals surface area contributed by atoms with Gasteiger partial charge >= 0.3 is 0 Å². The number of hydrogen-bond acceptors (Lipinski definition) is 5. The van der Waals surface area contributed by atoms with Gasteiger partial charge in [-0.25, -0.2) is 0 Å². The van der Waals surface area contributed by atoms with E-state index in [2.05, 4.69) is 39.3 Å². The van der Waals surface area contributed by atoms with Crippen LogP contribution in [0, 0.1) is 0 Å². The largest absolute Gasteiger partial charge is 0.339 e. The van der Waals surface area contributed by atoms with E-state index in [9.17, 15) is 0 Å². The van der Waals surface area contributed by atoms with Crippen LogP contribution in [-0.4, -0.2) is 34.7 Å². The highest BCUT2D eigenvalue weighted by molar-refractivity contribution is 5.14. The molecule has 1 heterocycles. The first kappa shape index (κ1) is 17.1. The first-order chi connectivity index (χ1) is 11.8. The molecule has 5 heteroatoms. The lowest BCUT2D eigenvalue weighted by Crippen LogP contribution is -2.31. The summed E-state index contributed by atoms with van der Waals surface area (Å²) in [6, 6.07) is 10.5. The van der Waals surface area contributed by atoms with Gasteiger partial charge in [-0.05, 0) is 24.8 Å². The van der Waals surface area contributed by atoms with E-state index in [0.717, 1.165) is 31.2 Å². The number of benzene rings is 1. The Morgan fingerprint density at radius 1 is 1.08 bits per heavy atom. The Labute approximate surface area is 144 Å². The second kappa shape index (κ2) is 8.94. The number of hydrogen-bond donors (Lipinski definition) is 1. The quantitative estimate of drug-likeness (QED) is 0.806. The molecule has 0 radical (unpaired) electrons. The van der Waals surface area contributed by atoms with Crippen molar-refractivity contribution in [3.05, 3.63) is 47.6 Å². The molecule has 0 unspecified atom stereocenters. The number of rotatable bonds is 8. The Morgan fingerprint density at radius 3 is 2.62 bits per heavy atom. The number of nitrogens with zero attached hydrogens (tertiary/aromatic N) is 3. The molecule has 1 aliphatic rings. The van der Waals surface area contributed by atoms with Crippen LogP contribution in [0.25, 0.3) is 0 Å². The molecule has 1 saturated carbocycles. The zero-order valence-electron chi connectivity index (χ0n) is 14.4. The van der Waals surface area contributed by atoms with Gasteiger partial charge in [-0.3, -0.25) is 4.90 Å². The summed E-state index contributed by atoms with van der Waals surface area (Å²) in [7, 11) is 0. The van der Waals surface area contributed by atoms with Crippen LogP contribution >= 0.6 is 0 Å². The van der Waals surface area contributed by atoms with E-state index >= 15 is 0 Å². The SMILES string of the molecule is NCCN(CCc1ccccc1)Cc1noc(C2CCCCC2)n1. The van der Waals surface area contributed by atoms with E-state index in [1.54, 1.807) is 0 Å². The monoisotopic (exact) mass is 328 g/mol. The Morgan fingerprint density at radius 2 is 1.88 bits per heavy atom. The van der Waals surface area contributed by atoms with Crippen LogP contribution in [0.1, 0.15) is 55.3 Å². The molecular weight excluding hydrogens is 300 g/mol. The predicted molar refractivity (Wildman–Crippen MR) is 94.6 cm³/mol. The van der Waals surface area contributed by atoms with Gasteiger partial charge in [0, 0.05) is 25.6 Å². The van der Waals surface area contributed by atoms with Gasteiger partial charge in [0.15, 0.2) is 5.82 Å². The molecule has 2 aromatic rings. The lowest BCUT2D eigenvalue weighted by atomic mass is 9.89. The predicted octanol–water partition coefficient (Wildman–Crippen LogP) is 3.12. The Hall–Kier alpha value is -1.72. The maximum Gasteiger partial charge on any atom is 0.229 e. The van der Waals surface area contributed by atoms with Crippen molar-refractivity contribution in [3.8, 4) is 0 Å². The molecule has 3 rings (SSSR count). The Bertz CT molecular complexity index is 592. The van der Waals surface area contributed by atoms with Crippen LogP contribution in [0.2, 0.25) is 0 Å². The van der Waals surface area contributed by atoms with E-state index in [0.29, 0.717) is 19.0 Å². The van der Waals surface area contributed by atoms with Gasteiger partial charge in [0.2, 0.25) is 5.89 Å². The van der Waals surface area contributed by atoms with Gasteiger partial charge in [-0.15, -0.1) is 0 Å². The van der Waals surface area contributed by atoms with Gasteiger partial charge in [-0.1, -0.05) is 54.8 Å². The summed E-state index contributed by atoms with van der Waals surface area (Å²) in [6.45, 7) is 3.15. The summed E-state index contributed by atoms with van der Waals surface area (Å²) in [5, 5.41) is 4.20. The third-order valence-electron chi connectivity index (χ3n) is 4.81. The molecule has 0 saturated heterocycles. The van der Waals surface area contributed by atoms with Crippen molar-refractivity contribution in [2.75, 3.05) is 19.6 Å². The molecular formula is C19H28N4O. The normalized spacial score (nSPS) is 15.9. The summed E-state index contributed by atoms with van der Waals surface area (Å²) in [6.07, 6.45) is 7.26. The second-order valence-corrected chi connectivity index (χ2v) is 6.68. The lowest BCUT2D eigenvalue weighted by Gasteiger charge is -2.19. The minimum absolute atomic E-state index is 0.465. The van der Waals surface area contributed by atoms with Gasteiger partial charge < -0.3 is 10.3 Å². The highest BCUT2D eigenvalue weighted by Crippen LogP contribution is 2.31. The molecule has 2 N–H and O–H groups in total. The summed E-state index contributed by atoms with van der Waals surface area (Å²) >= 11 is 0. The van der Waals surface area contributed by atoms with Gasteiger partial charge in [-0.2, -0.15) is 4.98 Å². The third-order valence-corrected chi connectivity index (χ3v) is 4.81. The molecule has 5 nitrogen and oxygen atoms in total. The van der Waals surface area contributed by atoms with Crippen molar-refractivity contribution in [3.63, 3.8) is 0 Å². The lowest BCUT2D eigenvalue weighted by molar-refractivity contribution is 0.262. The maximum atomic E-state index is 5.77. The summed E-state index contributed by atoms with van der Waals surface area (Å²) in [5.74, 6) is 2.09. The van der Waals surface area contributed by atoms with Crippen LogP contribution in [0.3, 0.4) is 0 Å². The minimum atomic E-state index is 0.465. The first-order valence-corrected chi connectivity index (χ1v) is 9.14. The maximum absolute atomic E-state index is 5.77. The second-order valence-electron chi connectivity index (χ2n) is 6.68. The van der Waals surface area contributed by atoms with E-state index in [4.69, 9.17) is 10.3 Å². The Balaban J connectivity index is 1.55. The van der Waals surface area contributed by atoms with Crippen molar-refractivity contribution in [1.29, 1.82) is 0 Å². The molecule has 24 heavy (non-hydrogen) atoms. The Kier molecular flexibility index (Phi) is 6.38. The molecule has 1 aliphatic carbocycles. The molecule has 1 aromatic carbocycles. The van der Waals surface area contributed by atoms with Gasteiger partial charge in [0.1, 0.15) is 0 Å². The summed E-state index contributed by atoms with van der Waals surface area (Å²) < 4.78 is 5.53. The van der Waals surface area contributed by atoms with E-state index in [1.165, 1.54) is 37.7 Å². The molecule has 0 spiro atoms. The van der Waals surface area contributed by atoms with E-state index in [1.807, 2.05) is 6.07 Å². The number of nitrogens with two attached hydrogens (primary N) is 1. The fourth-order valence-electron chi connectivity index (χ4n) is 3.43. The topological polar surface area (TPSA) is 68.2 Å². The van der Waals surface area contributed by atoms with Crippen molar-refractivity contribution in [2.24, 2.45) is 5.73 Å². The molecule has 0 atom stereocenters. The highest BCUT2D eigenvalue weighted by Gasteiger charge is 2.22. The summed E-state index contributed by atoms with van der Waals surface area (Å²) in [4.78, 5) is 6.96. The third kappa shape index (κ3) is 4.89. The molecule has 1 aromatic heterocycles. The average molecular weight is 328 g/mol. The molecule has 1 fully saturated rings. The van der Waals surface area contributed by atoms with E-state index in [-0.39, 0.29) is 0 Å². The van der Waals surface area contributed by atoms with Crippen LogP contribution in [0.5, 0.6) is 0 Å². The van der Waals surface area contributed by atoms with Gasteiger partial charge in [0.25, 0.3) is 0 Å². The zero-order chi connectivity index (χ0) is 16.6. The van der Waals surface area contributed by atoms with Crippen molar-refractivity contribution in [1.82, 2.24) is 15.0 Å². The standard InChI is InChI=1S/C19H28N4O/c20-12-14-23(13-11-16-7-3-1-4-8-16)15-18-21-19(24-22-18)17-9-5-2-6-10-17/h1,3-4,7-8,17H,2,5-6,9-15,20H2. The smallest absolute Gasteiger partial charge is 0.229 e. The fraction of sp³-hybridized carbons (Fsp3) is 0.579. The molecule has 130 valence electrons. The van der Waals surface area contributed by atoms with Crippen molar-refractivity contribution < 1.29 is 4.52 Å². The van der Waals surface area contributed by atoms with Crippen LogP contribution in [0.4, 0.5) is 0 Å². The van der Waals surface area contributed by atoms with Crippen LogP contribution in [0.15, 0.2) is 34.9 Å². The van der Waals surface area contributed by atoms with Crippen LogP contribution in [-0.2, 0) is 13.0 Å². The zero-order valence-corrected chi connectivity index (χ0v) is 14.4. The van der Waals surface area contributed by atoms with Crippen LogP contribution < -0.4 is 5.73 Å². The minimum Gasteiger partial charge on any atom is -0.339 e. The molecule has 0 aliphatic heterocycles. The highest BCUT2D eigenvalue weighted by atomic mass is 16.5.